The molecule has 0 radical (unpaired) electrons. The molecule has 1 heterocycles. The molecular weight excluding hydrogens is 390 g/mol. The number of aromatic hydroxyl groups is 1. The highest BCUT2D eigenvalue weighted by molar-refractivity contribution is 8.04. The van der Waals surface area contributed by atoms with E-state index in [0.29, 0.717) is 12.4 Å². The van der Waals surface area contributed by atoms with Gasteiger partial charge in [-0.15, -0.1) is 11.8 Å². The molecule has 0 fully saturated rings. The second kappa shape index (κ2) is 10.8. The average molecular weight is 420 g/mol. The molecule has 0 saturated carbocycles. The van der Waals surface area contributed by atoms with E-state index in [1.165, 1.54) is 0 Å². The molecule has 156 valence electrons. The second-order valence-corrected chi connectivity index (χ2v) is 8.24. The van der Waals surface area contributed by atoms with Gasteiger partial charge in [0.2, 0.25) is 0 Å². The third-order valence-corrected chi connectivity index (χ3v) is 6.27. The van der Waals surface area contributed by atoms with Gasteiger partial charge in [-0.2, -0.15) is 0 Å². The Labute approximate surface area is 183 Å². The number of nitrogens with one attached hydrogen (secondary N) is 1. The largest absolute Gasteiger partial charge is 0.506 e. The smallest absolute Gasteiger partial charge is 0.139 e. The number of unbranched alkanes of at least 4 members (excludes halogenated alkanes) is 1. The summed E-state index contributed by atoms with van der Waals surface area (Å²) in [5.74, 6) is 0.245. The minimum absolute atomic E-state index is 0.0522. The van der Waals surface area contributed by atoms with Gasteiger partial charge in [0, 0.05) is 0 Å². The minimum atomic E-state index is -0.0522. The number of aliphatic imine (C=N–C) groups is 2. The van der Waals surface area contributed by atoms with Crippen LogP contribution in [-0.4, -0.2) is 29.5 Å². The fourth-order valence-corrected chi connectivity index (χ4v) is 4.61. The van der Waals surface area contributed by atoms with Crippen LogP contribution in [-0.2, 0) is 6.42 Å². The minimum Gasteiger partial charge on any atom is -0.506 e. The van der Waals surface area contributed by atoms with Crippen LogP contribution in [0.5, 0.6) is 5.75 Å². The first kappa shape index (κ1) is 21.9. The zero-order chi connectivity index (χ0) is 21.3. The molecule has 3 rings (SSSR count). The number of anilines is 1. The fourth-order valence-electron chi connectivity index (χ4n) is 3.54. The molecule has 0 aromatic heterocycles. The fraction of sp³-hybridized carbons (Fsp3) is 0.280. The van der Waals surface area contributed by atoms with Gasteiger partial charge < -0.3 is 10.4 Å². The van der Waals surface area contributed by atoms with E-state index in [1.54, 1.807) is 11.8 Å². The number of aryl methyl sites for hydroxylation is 1. The highest BCUT2D eigenvalue weighted by Crippen LogP contribution is 2.36. The van der Waals surface area contributed by atoms with Crippen LogP contribution in [0.2, 0.25) is 0 Å². The number of hydrogen-bond donors (Lipinski definition) is 2. The summed E-state index contributed by atoms with van der Waals surface area (Å²) in [7, 11) is 0. The first-order chi connectivity index (χ1) is 14.7. The van der Waals surface area contributed by atoms with Crippen LogP contribution in [0.25, 0.3) is 6.08 Å². The molecule has 5 heteroatoms. The molecule has 2 N–H and O–H groups in total. The van der Waals surface area contributed by atoms with Crippen LogP contribution in [0, 0.1) is 0 Å². The normalized spacial score (nSPS) is 17.8. The molecule has 2 atom stereocenters. The Hall–Kier alpha value is -2.79. The van der Waals surface area contributed by atoms with E-state index in [1.807, 2.05) is 42.5 Å². The summed E-state index contributed by atoms with van der Waals surface area (Å²) in [4.78, 5) is 9.10. The maximum atomic E-state index is 10.4. The molecular formula is C25H29N3OS. The Kier molecular flexibility index (Phi) is 7.91. The van der Waals surface area contributed by atoms with Crippen LogP contribution in [0.4, 0.5) is 5.69 Å². The Balaban J connectivity index is 1.72. The molecule has 2 aromatic carbocycles. The summed E-state index contributed by atoms with van der Waals surface area (Å²) in [6.45, 7) is 10.2. The third-order valence-electron chi connectivity index (χ3n) is 5.19. The van der Waals surface area contributed by atoms with Gasteiger partial charge >= 0.3 is 0 Å². The predicted molar refractivity (Wildman–Crippen MR) is 132 cm³/mol. The van der Waals surface area contributed by atoms with Crippen molar-refractivity contribution < 1.29 is 5.11 Å². The Bertz CT molecular complexity index is 937. The maximum Gasteiger partial charge on any atom is 0.139 e. The summed E-state index contributed by atoms with van der Waals surface area (Å²) in [5.41, 5.74) is 4.94. The summed E-state index contributed by atoms with van der Waals surface area (Å²) in [6, 6.07) is 13.9. The van der Waals surface area contributed by atoms with E-state index in [9.17, 15) is 5.11 Å². The third kappa shape index (κ3) is 5.22. The van der Waals surface area contributed by atoms with Gasteiger partial charge in [-0.05, 0) is 59.9 Å². The highest BCUT2D eigenvalue weighted by atomic mass is 32.2. The van der Waals surface area contributed by atoms with Gasteiger partial charge in [0.25, 0.3) is 0 Å². The van der Waals surface area contributed by atoms with Gasteiger partial charge in [0.1, 0.15) is 12.4 Å². The molecule has 2 unspecified atom stereocenters. The lowest BCUT2D eigenvalue weighted by Crippen LogP contribution is -2.21. The van der Waals surface area contributed by atoms with E-state index >= 15 is 0 Å². The number of hydrogen-bond acceptors (Lipinski definition) is 5. The van der Waals surface area contributed by atoms with Gasteiger partial charge in [-0.25, -0.2) is 0 Å². The number of phenols is 1. The van der Waals surface area contributed by atoms with Crippen molar-refractivity contribution in [1.29, 1.82) is 0 Å². The zero-order valence-electron chi connectivity index (χ0n) is 17.4. The predicted octanol–water partition coefficient (Wildman–Crippen LogP) is 6.26. The molecule has 4 nitrogen and oxygen atoms in total. The summed E-state index contributed by atoms with van der Waals surface area (Å²) in [5, 5.41) is 15.8. The Morgan fingerprint density at radius 1 is 1.27 bits per heavy atom. The van der Waals surface area contributed by atoms with Crippen LogP contribution in [0.1, 0.15) is 42.5 Å². The SMILES string of the molecule is C=Cc1cc(NC/N=C2/C=CSC2C(N=C)c2ccccc2)c(O)cc1CCCC. The lowest BCUT2D eigenvalue weighted by Gasteiger charge is -2.20. The summed E-state index contributed by atoms with van der Waals surface area (Å²) in [6.07, 6.45) is 7.01. The number of benzene rings is 2. The van der Waals surface area contributed by atoms with Gasteiger partial charge in [-0.3, -0.25) is 9.98 Å². The molecule has 0 spiro atoms. The van der Waals surface area contributed by atoms with Crippen molar-refractivity contribution in [2.24, 2.45) is 9.98 Å². The van der Waals surface area contributed by atoms with E-state index in [4.69, 9.17) is 4.99 Å². The van der Waals surface area contributed by atoms with Crippen LogP contribution < -0.4 is 5.32 Å². The van der Waals surface area contributed by atoms with Crippen molar-refractivity contribution in [1.82, 2.24) is 0 Å². The van der Waals surface area contributed by atoms with Gasteiger partial charge in [0.05, 0.1) is 22.7 Å². The van der Waals surface area contributed by atoms with Crippen molar-refractivity contribution in [3.8, 4) is 5.75 Å². The van der Waals surface area contributed by atoms with Crippen molar-refractivity contribution in [3.05, 3.63) is 77.2 Å². The zero-order valence-corrected chi connectivity index (χ0v) is 18.2. The van der Waals surface area contributed by atoms with E-state index < -0.39 is 0 Å². The van der Waals surface area contributed by atoms with Crippen molar-refractivity contribution >= 4 is 36.0 Å². The molecule has 1 aliphatic rings. The molecule has 1 aliphatic heterocycles. The topological polar surface area (TPSA) is 57.0 Å². The molecule has 0 saturated heterocycles. The number of phenolic OH excluding ortho intramolecular Hbond substituents is 1. The lowest BCUT2D eigenvalue weighted by molar-refractivity contribution is 0.476. The lowest BCUT2D eigenvalue weighted by atomic mass is 10.0. The first-order valence-corrected chi connectivity index (χ1v) is 11.2. The van der Waals surface area contributed by atoms with Gasteiger partial charge in [-0.1, -0.05) is 56.3 Å². The van der Waals surface area contributed by atoms with Crippen molar-refractivity contribution in [2.75, 3.05) is 12.0 Å². The Morgan fingerprint density at radius 2 is 2.07 bits per heavy atom. The molecule has 2 aromatic rings. The van der Waals surface area contributed by atoms with Crippen molar-refractivity contribution in [3.63, 3.8) is 0 Å². The van der Waals surface area contributed by atoms with Crippen LogP contribution in [0.3, 0.4) is 0 Å². The van der Waals surface area contributed by atoms with E-state index in [2.05, 4.69) is 48.1 Å². The summed E-state index contributed by atoms with van der Waals surface area (Å²) >= 11 is 1.71. The number of allylic oxidation sites excluding steroid dienone is 1. The number of rotatable bonds is 10. The van der Waals surface area contributed by atoms with E-state index in [-0.39, 0.29) is 17.0 Å². The Morgan fingerprint density at radius 3 is 2.77 bits per heavy atom. The van der Waals surface area contributed by atoms with Crippen LogP contribution >= 0.6 is 11.8 Å². The monoisotopic (exact) mass is 419 g/mol. The molecule has 30 heavy (non-hydrogen) atoms. The highest BCUT2D eigenvalue weighted by Gasteiger charge is 2.28. The first-order valence-electron chi connectivity index (χ1n) is 10.3. The second-order valence-electron chi connectivity index (χ2n) is 7.19. The molecule has 0 bridgehead atoms. The summed E-state index contributed by atoms with van der Waals surface area (Å²) < 4.78 is 0. The van der Waals surface area contributed by atoms with Crippen molar-refractivity contribution in [2.45, 2.75) is 37.5 Å². The van der Waals surface area contributed by atoms with Crippen LogP contribution in [0.15, 0.2) is 70.5 Å². The molecule has 0 amide bonds. The average Bonchev–Trinajstić information content (AvgIpc) is 3.23. The molecule has 0 aliphatic carbocycles. The quantitative estimate of drug-likeness (QED) is 0.353. The van der Waals surface area contributed by atoms with Gasteiger partial charge in [0.15, 0.2) is 0 Å². The maximum absolute atomic E-state index is 10.4. The number of nitrogens with zero attached hydrogens (tertiary/aromatic N) is 2. The van der Waals surface area contributed by atoms with E-state index in [0.717, 1.165) is 41.7 Å². The number of thioether (sulfide) groups is 1. The standard InChI is InChI=1S/C25H29N3OS/c1-4-6-10-20-16-23(29)22(15-18(20)5-2)28-17-27-21-13-14-30-25(21)24(26-3)19-11-8-7-9-12-19/h5,7-9,11-16,24-25,28-29H,2-4,6,10,17H2,1H3/b27-21-.